The number of carbonyl (C=O) groups excluding carboxylic acids is 2. The van der Waals surface area contributed by atoms with Crippen molar-refractivity contribution in [2.24, 2.45) is 0 Å². The molecule has 210 valence electrons. The number of halogens is 3. The standard InChI is InChI=1S/C28H31F3N2O6/c1-4-9-17-15-19-20(28(29,30)31)16-22(34)39-24(19)18(10-5-2)23(17)38-13-7-6-12-33-25(35)27(3,32-26(33)36)21-11-8-14-37-21/h8,11,14-16H,4-7,9-10,12-13H2,1-3H3,(H,32,36). The molecule has 0 radical (unpaired) electrons. The molecule has 0 bridgehead atoms. The van der Waals surface area contributed by atoms with Crippen LogP contribution in [0, 0.1) is 0 Å². The molecule has 1 unspecified atom stereocenters. The van der Waals surface area contributed by atoms with Crippen molar-refractivity contribution in [2.75, 3.05) is 13.2 Å². The summed E-state index contributed by atoms with van der Waals surface area (Å²) >= 11 is 0. The van der Waals surface area contributed by atoms with Gasteiger partial charge in [0.15, 0.2) is 5.54 Å². The van der Waals surface area contributed by atoms with Gasteiger partial charge in [0.25, 0.3) is 5.91 Å². The van der Waals surface area contributed by atoms with E-state index in [1.165, 1.54) is 12.3 Å². The van der Waals surface area contributed by atoms with E-state index in [9.17, 15) is 27.6 Å². The molecule has 1 aliphatic rings. The lowest BCUT2D eigenvalue weighted by Crippen LogP contribution is -2.40. The van der Waals surface area contributed by atoms with Gasteiger partial charge in [0.2, 0.25) is 0 Å². The molecule has 1 saturated heterocycles. The molecule has 1 atom stereocenters. The third kappa shape index (κ3) is 5.53. The molecule has 3 heterocycles. The largest absolute Gasteiger partial charge is 0.493 e. The first-order valence-corrected chi connectivity index (χ1v) is 13.0. The summed E-state index contributed by atoms with van der Waals surface area (Å²) in [7, 11) is 0. The minimum atomic E-state index is -4.71. The van der Waals surface area contributed by atoms with Crippen molar-refractivity contribution in [3.8, 4) is 5.75 Å². The van der Waals surface area contributed by atoms with Gasteiger partial charge in [-0.2, -0.15) is 13.2 Å². The third-order valence-electron chi connectivity index (χ3n) is 6.79. The van der Waals surface area contributed by atoms with Crippen LogP contribution in [0.25, 0.3) is 11.0 Å². The molecule has 1 aliphatic heterocycles. The molecule has 3 amide bonds. The lowest BCUT2D eigenvalue weighted by Gasteiger charge is -2.20. The van der Waals surface area contributed by atoms with Gasteiger partial charge in [0, 0.05) is 23.6 Å². The quantitative estimate of drug-likeness (QED) is 0.181. The van der Waals surface area contributed by atoms with Crippen molar-refractivity contribution in [3.63, 3.8) is 0 Å². The van der Waals surface area contributed by atoms with Gasteiger partial charge in [-0.1, -0.05) is 26.7 Å². The zero-order valence-corrected chi connectivity index (χ0v) is 22.1. The number of unbranched alkanes of at least 4 members (excludes halogenated alkanes) is 1. The van der Waals surface area contributed by atoms with Gasteiger partial charge < -0.3 is 18.9 Å². The van der Waals surface area contributed by atoms with Crippen LogP contribution >= 0.6 is 0 Å². The van der Waals surface area contributed by atoms with Crippen molar-refractivity contribution < 1.29 is 36.3 Å². The average Bonchev–Trinajstić information content (AvgIpc) is 3.49. The average molecular weight is 549 g/mol. The van der Waals surface area contributed by atoms with Crippen LogP contribution in [0.15, 0.2) is 44.2 Å². The van der Waals surface area contributed by atoms with Crippen LogP contribution < -0.4 is 15.7 Å². The second-order valence-corrected chi connectivity index (χ2v) is 9.74. The van der Waals surface area contributed by atoms with E-state index in [1.54, 1.807) is 19.1 Å². The number of benzene rings is 1. The molecule has 8 nitrogen and oxygen atoms in total. The van der Waals surface area contributed by atoms with Crippen molar-refractivity contribution in [3.05, 3.63) is 63.4 Å². The van der Waals surface area contributed by atoms with Gasteiger partial charge in [-0.3, -0.25) is 9.69 Å². The maximum Gasteiger partial charge on any atom is 0.417 e. The van der Waals surface area contributed by atoms with Crippen LogP contribution in [0.4, 0.5) is 18.0 Å². The molecule has 1 N–H and O–H groups in total. The highest BCUT2D eigenvalue weighted by Gasteiger charge is 2.50. The minimum absolute atomic E-state index is 0.108. The predicted octanol–water partition coefficient (Wildman–Crippen LogP) is 5.94. The van der Waals surface area contributed by atoms with E-state index in [1.807, 2.05) is 13.8 Å². The Labute approximate surface area is 223 Å². The molecule has 39 heavy (non-hydrogen) atoms. The van der Waals surface area contributed by atoms with Gasteiger partial charge in [-0.25, -0.2) is 9.59 Å². The second-order valence-electron chi connectivity index (χ2n) is 9.74. The number of nitrogens with zero attached hydrogens (tertiary/aromatic N) is 1. The topological polar surface area (TPSA) is 102 Å². The van der Waals surface area contributed by atoms with Crippen molar-refractivity contribution >= 4 is 22.9 Å². The molecule has 1 fully saturated rings. The van der Waals surface area contributed by atoms with Crippen molar-refractivity contribution in [1.29, 1.82) is 0 Å². The molecule has 0 aliphatic carbocycles. The Bertz CT molecular complexity index is 1410. The van der Waals surface area contributed by atoms with Crippen LogP contribution in [0.3, 0.4) is 0 Å². The van der Waals surface area contributed by atoms with E-state index < -0.39 is 34.8 Å². The summed E-state index contributed by atoms with van der Waals surface area (Å²) in [5.74, 6) is 0.355. The number of rotatable bonds is 11. The van der Waals surface area contributed by atoms with E-state index in [0.717, 1.165) is 4.90 Å². The Morgan fingerprint density at radius 1 is 1.08 bits per heavy atom. The molecule has 0 saturated carbocycles. The molecular formula is C28H31F3N2O6. The number of hydrogen-bond acceptors (Lipinski definition) is 6. The number of alkyl halides is 3. The number of nitrogens with one attached hydrogen (secondary N) is 1. The Hall–Kier alpha value is -3.76. The fourth-order valence-corrected chi connectivity index (χ4v) is 4.93. The van der Waals surface area contributed by atoms with Gasteiger partial charge in [-0.05, 0) is 56.4 Å². The number of hydrogen-bond donors (Lipinski definition) is 1. The van der Waals surface area contributed by atoms with E-state index >= 15 is 0 Å². The highest BCUT2D eigenvalue weighted by Crippen LogP contribution is 2.40. The summed E-state index contributed by atoms with van der Waals surface area (Å²) in [4.78, 5) is 38.6. The summed E-state index contributed by atoms with van der Waals surface area (Å²) in [6.45, 7) is 5.74. The third-order valence-corrected chi connectivity index (χ3v) is 6.79. The van der Waals surface area contributed by atoms with Crippen molar-refractivity contribution in [2.45, 2.75) is 71.0 Å². The summed E-state index contributed by atoms with van der Waals surface area (Å²) in [6, 6.07) is 4.64. The lowest BCUT2D eigenvalue weighted by molar-refractivity contribution is -0.136. The first-order chi connectivity index (χ1) is 18.5. The zero-order chi connectivity index (χ0) is 28.4. The maximum absolute atomic E-state index is 13.8. The predicted molar refractivity (Wildman–Crippen MR) is 137 cm³/mol. The number of fused-ring (bicyclic) bond motifs is 1. The smallest absolute Gasteiger partial charge is 0.417 e. The summed E-state index contributed by atoms with van der Waals surface area (Å²) in [5.41, 5.74) is -2.43. The van der Waals surface area contributed by atoms with E-state index in [0.29, 0.717) is 67.2 Å². The number of amides is 3. The fourth-order valence-electron chi connectivity index (χ4n) is 4.93. The second kappa shape index (κ2) is 11.2. The number of urea groups is 1. The number of imide groups is 1. The molecule has 11 heteroatoms. The number of carbonyl (C=O) groups is 2. The highest BCUT2D eigenvalue weighted by molar-refractivity contribution is 6.06. The van der Waals surface area contributed by atoms with Gasteiger partial charge >= 0.3 is 17.8 Å². The summed E-state index contributed by atoms with van der Waals surface area (Å²) in [6.07, 6.45) is -0.254. The van der Waals surface area contributed by atoms with Crippen LogP contribution in [0.5, 0.6) is 5.75 Å². The lowest BCUT2D eigenvalue weighted by atomic mass is 9.96. The van der Waals surface area contributed by atoms with Gasteiger partial charge in [0.1, 0.15) is 17.1 Å². The first-order valence-electron chi connectivity index (χ1n) is 13.0. The summed E-state index contributed by atoms with van der Waals surface area (Å²) in [5, 5.41) is 2.52. The Morgan fingerprint density at radius 3 is 2.46 bits per heavy atom. The van der Waals surface area contributed by atoms with Crippen LogP contribution in [0.2, 0.25) is 0 Å². The molecule has 2 aromatic heterocycles. The Morgan fingerprint density at radius 2 is 1.82 bits per heavy atom. The molecule has 4 rings (SSSR count). The molecule has 3 aromatic rings. The molecule has 0 spiro atoms. The normalized spacial score (nSPS) is 17.7. The maximum atomic E-state index is 13.8. The number of ether oxygens (including phenoxy) is 1. The van der Waals surface area contributed by atoms with E-state index in [-0.39, 0.29) is 24.1 Å². The molecular weight excluding hydrogens is 517 g/mol. The van der Waals surface area contributed by atoms with Gasteiger partial charge in [-0.15, -0.1) is 0 Å². The Balaban J connectivity index is 1.52. The number of furan rings is 1. The van der Waals surface area contributed by atoms with Gasteiger partial charge in [0.05, 0.1) is 18.4 Å². The summed E-state index contributed by atoms with van der Waals surface area (Å²) < 4.78 is 58.0. The van der Waals surface area contributed by atoms with E-state index in [2.05, 4.69) is 5.32 Å². The van der Waals surface area contributed by atoms with Crippen LogP contribution in [-0.2, 0) is 29.4 Å². The molecule has 1 aromatic carbocycles. The monoisotopic (exact) mass is 548 g/mol. The highest BCUT2D eigenvalue weighted by atomic mass is 19.4. The zero-order valence-electron chi connectivity index (χ0n) is 22.1. The first kappa shape index (κ1) is 28.3. The fraction of sp³-hybridized carbons (Fsp3) is 0.464. The van der Waals surface area contributed by atoms with Crippen LogP contribution in [-0.4, -0.2) is 30.0 Å². The minimum Gasteiger partial charge on any atom is -0.493 e. The Kier molecular flexibility index (Phi) is 8.08. The number of aryl methyl sites for hydroxylation is 2. The van der Waals surface area contributed by atoms with Crippen LogP contribution in [0.1, 0.15) is 68.9 Å². The SMILES string of the molecule is CCCc1cc2c(C(F)(F)F)cc(=O)oc2c(CCC)c1OCCCCN1C(=O)NC(C)(c2ccco2)C1=O. The van der Waals surface area contributed by atoms with Crippen molar-refractivity contribution in [1.82, 2.24) is 10.2 Å². The van der Waals surface area contributed by atoms with E-state index in [4.69, 9.17) is 13.6 Å².